The minimum atomic E-state index is -2.97. The molecule has 2 saturated heterocycles. The number of nitrogens with zero attached hydrogens (tertiary/aromatic N) is 3. The predicted molar refractivity (Wildman–Crippen MR) is 121 cm³/mol. The molecule has 3 heterocycles. The van der Waals surface area contributed by atoms with Gasteiger partial charge in [0, 0.05) is 59.9 Å². The lowest BCUT2D eigenvalue weighted by Gasteiger charge is -2.35. The van der Waals surface area contributed by atoms with Gasteiger partial charge < -0.3 is 9.47 Å². The van der Waals surface area contributed by atoms with Crippen LogP contribution in [0, 0.1) is 13.8 Å². The van der Waals surface area contributed by atoms with E-state index in [2.05, 4.69) is 20.4 Å². The first-order chi connectivity index (χ1) is 14.2. The Balaban J connectivity index is 1.40. The Hall–Kier alpha value is -1.83. The standard InChI is InChI=1S/C22H28ClN3O3S/c1-16-12-21(17(2)26(16)20-6-11-30(28,29)15-20)22(27)14-24-7-9-25(10-8-24)19-5-3-4-18(23)13-19/h3-5,12-13,20H,6-11,14-15H2,1-2H3. The molecule has 162 valence electrons. The third-order valence-corrected chi connectivity index (χ3v) is 8.26. The van der Waals surface area contributed by atoms with Crippen LogP contribution in [0.15, 0.2) is 30.3 Å². The van der Waals surface area contributed by atoms with Crippen molar-refractivity contribution >= 4 is 32.9 Å². The van der Waals surface area contributed by atoms with E-state index < -0.39 is 9.84 Å². The largest absolute Gasteiger partial charge is 0.369 e. The summed E-state index contributed by atoms with van der Waals surface area (Å²) in [5.74, 6) is 0.503. The second kappa shape index (κ2) is 8.36. The van der Waals surface area contributed by atoms with Crippen molar-refractivity contribution in [3.8, 4) is 0 Å². The van der Waals surface area contributed by atoms with Crippen LogP contribution in [0.25, 0.3) is 0 Å². The van der Waals surface area contributed by atoms with E-state index in [-0.39, 0.29) is 23.3 Å². The quantitative estimate of drug-likeness (QED) is 0.656. The van der Waals surface area contributed by atoms with Crippen LogP contribution in [0.2, 0.25) is 5.02 Å². The Morgan fingerprint density at radius 3 is 2.50 bits per heavy atom. The molecule has 6 nitrogen and oxygen atoms in total. The fourth-order valence-electron chi connectivity index (χ4n) is 4.73. The molecule has 2 aliphatic rings. The predicted octanol–water partition coefficient (Wildman–Crippen LogP) is 3.12. The second-order valence-corrected chi connectivity index (χ2v) is 11.0. The van der Waals surface area contributed by atoms with Crippen molar-refractivity contribution in [3.05, 3.63) is 52.3 Å². The Morgan fingerprint density at radius 1 is 1.13 bits per heavy atom. The zero-order chi connectivity index (χ0) is 21.5. The summed E-state index contributed by atoms with van der Waals surface area (Å²) >= 11 is 6.10. The maximum atomic E-state index is 13.0. The number of hydrogen-bond donors (Lipinski definition) is 0. The molecular weight excluding hydrogens is 422 g/mol. The second-order valence-electron chi connectivity index (χ2n) is 8.38. The monoisotopic (exact) mass is 449 g/mol. The molecule has 1 unspecified atom stereocenters. The van der Waals surface area contributed by atoms with Gasteiger partial charge in [0.25, 0.3) is 0 Å². The molecule has 1 atom stereocenters. The fraction of sp³-hybridized carbons (Fsp3) is 0.500. The van der Waals surface area contributed by atoms with Crippen LogP contribution >= 0.6 is 11.6 Å². The third-order valence-electron chi connectivity index (χ3n) is 6.27. The summed E-state index contributed by atoms with van der Waals surface area (Å²) in [6.07, 6.45) is 0.623. The van der Waals surface area contributed by atoms with Crippen molar-refractivity contribution in [2.75, 3.05) is 49.1 Å². The number of benzene rings is 1. The van der Waals surface area contributed by atoms with Crippen LogP contribution in [0.5, 0.6) is 0 Å². The van der Waals surface area contributed by atoms with Crippen LogP contribution in [-0.4, -0.2) is 67.9 Å². The van der Waals surface area contributed by atoms with Gasteiger partial charge in [-0.2, -0.15) is 0 Å². The molecule has 8 heteroatoms. The van der Waals surface area contributed by atoms with E-state index in [1.807, 2.05) is 38.1 Å². The van der Waals surface area contributed by atoms with Crippen molar-refractivity contribution in [1.29, 1.82) is 0 Å². The number of ketones is 1. The Morgan fingerprint density at radius 2 is 1.87 bits per heavy atom. The lowest BCUT2D eigenvalue weighted by molar-refractivity contribution is 0.0925. The van der Waals surface area contributed by atoms with Gasteiger partial charge >= 0.3 is 0 Å². The molecule has 0 bridgehead atoms. The van der Waals surface area contributed by atoms with Crippen molar-refractivity contribution in [3.63, 3.8) is 0 Å². The Bertz CT molecular complexity index is 1060. The van der Waals surface area contributed by atoms with Crippen LogP contribution in [-0.2, 0) is 9.84 Å². The van der Waals surface area contributed by atoms with E-state index >= 15 is 0 Å². The highest BCUT2D eigenvalue weighted by molar-refractivity contribution is 7.91. The molecule has 0 amide bonds. The topological polar surface area (TPSA) is 62.6 Å². The first kappa shape index (κ1) is 21.4. The summed E-state index contributed by atoms with van der Waals surface area (Å²) in [7, 11) is -2.97. The van der Waals surface area contributed by atoms with Gasteiger partial charge in [0.05, 0.1) is 18.1 Å². The summed E-state index contributed by atoms with van der Waals surface area (Å²) < 4.78 is 25.8. The van der Waals surface area contributed by atoms with Gasteiger partial charge in [-0.05, 0) is 44.5 Å². The van der Waals surface area contributed by atoms with Crippen molar-refractivity contribution in [2.24, 2.45) is 0 Å². The lowest BCUT2D eigenvalue weighted by atomic mass is 10.1. The average Bonchev–Trinajstić information content (AvgIpc) is 3.20. The van der Waals surface area contributed by atoms with Crippen LogP contribution in [0.1, 0.15) is 34.2 Å². The summed E-state index contributed by atoms with van der Waals surface area (Å²) in [6, 6.07) is 9.73. The molecule has 2 aliphatic heterocycles. The molecule has 0 spiro atoms. The number of aromatic nitrogens is 1. The number of carbonyl (C=O) groups is 1. The zero-order valence-electron chi connectivity index (χ0n) is 17.5. The molecule has 0 aliphatic carbocycles. The lowest BCUT2D eigenvalue weighted by Crippen LogP contribution is -2.48. The normalized spacial score (nSPS) is 21.8. The summed E-state index contributed by atoms with van der Waals surface area (Å²) in [5.41, 5.74) is 3.68. The SMILES string of the molecule is Cc1cc(C(=O)CN2CCN(c3cccc(Cl)c3)CC2)c(C)n1C1CCS(=O)(=O)C1. The average molecular weight is 450 g/mol. The van der Waals surface area contributed by atoms with Gasteiger partial charge in [-0.25, -0.2) is 8.42 Å². The molecule has 4 rings (SSSR count). The molecule has 1 aromatic carbocycles. The van der Waals surface area contributed by atoms with Gasteiger partial charge in [-0.1, -0.05) is 17.7 Å². The number of Topliss-reactive ketones (excluding diaryl/α,β-unsaturated/α-hetero) is 1. The number of sulfone groups is 1. The zero-order valence-corrected chi connectivity index (χ0v) is 19.0. The number of anilines is 1. The highest BCUT2D eigenvalue weighted by Gasteiger charge is 2.32. The van der Waals surface area contributed by atoms with E-state index in [4.69, 9.17) is 11.6 Å². The molecule has 0 N–H and O–H groups in total. The van der Waals surface area contributed by atoms with E-state index in [0.29, 0.717) is 18.5 Å². The first-order valence-corrected chi connectivity index (χ1v) is 12.6. The van der Waals surface area contributed by atoms with Crippen molar-refractivity contribution < 1.29 is 13.2 Å². The molecule has 2 aromatic rings. The van der Waals surface area contributed by atoms with Gasteiger partial charge in [-0.3, -0.25) is 9.69 Å². The van der Waals surface area contributed by atoms with E-state index in [1.54, 1.807) is 0 Å². The minimum Gasteiger partial charge on any atom is -0.369 e. The summed E-state index contributed by atoms with van der Waals surface area (Å²) in [6.45, 7) is 7.62. The van der Waals surface area contributed by atoms with Crippen LogP contribution in [0.4, 0.5) is 5.69 Å². The molecule has 0 radical (unpaired) electrons. The fourth-order valence-corrected chi connectivity index (χ4v) is 6.61. The molecule has 30 heavy (non-hydrogen) atoms. The van der Waals surface area contributed by atoms with Gasteiger partial charge in [0.15, 0.2) is 15.6 Å². The van der Waals surface area contributed by atoms with Crippen molar-refractivity contribution in [2.45, 2.75) is 26.3 Å². The maximum absolute atomic E-state index is 13.0. The highest BCUT2D eigenvalue weighted by atomic mass is 35.5. The third kappa shape index (κ3) is 4.43. The van der Waals surface area contributed by atoms with Crippen LogP contribution in [0.3, 0.4) is 0 Å². The van der Waals surface area contributed by atoms with Crippen molar-refractivity contribution in [1.82, 2.24) is 9.47 Å². The molecule has 2 fully saturated rings. The molecule has 0 saturated carbocycles. The number of hydrogen-bond acceptors (Lipinski definition) is 5. The number of carbonyl (C=O) groups excluding carboxylic acids is 1. The number of halogens is 1. The van der Waals surface area contributed by atoms with Gasteiger partial charge in [-0.15, -0.1) is 0 Å². The van der Waals surface area contributed by atoms with E-state index in [0.717, 1.165) is 48.3 Å². The summed E-state index contributed by atoms with van der Waals surface area (Å²) in [4.78, 5) is 17.5. The number of rotatable bonds is 5. The molecule has 1 aromatic heterocycles. The van der Waals surface area contributed by atoms with Gasteiger partial charge in [0.2, 0.25) is 0 Å². The minimum absolute atomic E-state index is 0.0576. The highest BCUT2D eigenvalue weighted by Crippen LogP contribution is 2.29. The molecular formula is C22H28ClN3O3S. The van der Waals surface area contributed by atoms with Crippen LogP contribution < -0.4 is 4.90 Å². The number of aryl methyl sites for hydroxylation is 1. The Kier molecular flexibility index (Phi) is 5.97. The van der Waals surface area contributed by atoms with Gasteiger partial charge in [0.1, 0.15) is 0 Å². The maximum Gasteiger partial charge on any atom is 0.178 e. The Labute approximate surface area is 183 Å². The number of piperazine rings is 1. The van der Waals surface area contributed by atoms with E-state index in [9.17, 15) is 13.2 Å². The summed E-state index contributed by atoms with van der Waals surface area (Å²) in [5, 5.41) is 0.732. The van der Waals surface area contributed by atoms with E-state index in [1.165, 1.54) is 0 Å². The first-order valence-electron chi connectivity index (χ1n) is 10.4. The smallest absolute Gasteiger partial charge is 0.178 e.